The van der Waals surface area contributed by atoms with Crippen molar-refractivity contribution in [2.45, 2.75) is 64.2 Å². The van der Waals surface area contributed by atoms with E-state index in [0.717, 1.165) is 78.6 Å². The summed E-state index contributed by atoms with van der Waals surface area (Å²) < 4.78 is 16.6. The Morgan fingerprint density at radius 3 is 2.71 bits per heavy atom. The lowest BCUT2D eigenvalue weighted by molar-refractivity contribution is -0.121. The summed E-state index contributed by atoms with van der Waals surface area (Å²) in [4.78, 5) is 36.8. The number of rotatable bonds is 10. The maximum absolute atomic E-state index is 14.5. The molecule has 264 valence electrons. The summed E-state index contributed by atoms with van der Waals surface area (Å²) in [7, 11) is 0. The molecule has 11 nitrogen and oxygen atoms in total. The van der Waals surface area contributed by atoms with Crippen LogP contribution < -0.4 is 21.3 Å². The number of aromatic nitrogens is 3. The van der Waals surface area contributed by atoms with Crippen molar-refractivity contribution in [3.8, 4) is 16.9 Å². The van der Waals surface area contributed by atoms with E-state index in [1.54, 1.807) is 12.1 Å². The quantitative estimate of drug-likeness (QED) is 0.131. The van der Waals surface area contributed by atoms with Gasteiger partial charge in [0.25, 0.3) is 5.91 Å². The van der Waals surface area contributed by atoms with Crippen molar-refractivity contribution in [2.75, 3.05) is 25.0 Å². The molecule has 51 heavy (non-hydrogen) atoms. The van der Waals surface area contributed by atoms with Crippen LogP contribution >= 0.6 is 0 Å². The number of benzene rings is 2. The second kappa shape index (κ2) is 15.3. The molecule has 2 aromatic carbocycles. The summed E-state index contributed by atoms with van der Waals surface area (Å²) in [6, 6.07) is 20.5. The van der Waals surface area contributed by atoms with Crippen molar-refractivity contribution in [1.82, 2.24) is 35.2 Å². The summed E-state index contributed by atoms with van der Waals surface area (Å²) in [5, 5.41) is 23.2. The zero-order chi connectivity index (χ0) is 35.3. The molecule has 1 saturated heterocycles. The van der Waals surface area contributed by atoms with E-state index in [1.807, 2.05) is 42.5 Å². The van der Waals surface area contributed by atoms with Crippen LogP contribution in [0.15, 0.2) is 79.1 Å². The number of phenols is 1. The monoisotopic (exact) mass is 690 g/mol. The van der Waals surface area contributed by atoms with Crippen molar-refractivity contribution < 1.29 is 19.1 Å². The van der Waals surface area contributed by atoms with E-state index < -0.39 is 5.82 Å². The van der Waals surface area contributed by atoms with E-state index in [-0.39, 0.29) is 35.0 Å². The number of phenolic OH excluding ortho intramolecular Hbond substituents is 1. The number of nitrogens with zero attached hydrogens (tertiary/aromatic N) is 4. The molecule has 0 atom stereocenters. The van der Waals surface area contributed by atoms with Crippen LogP contribution in [0, 0.1) is 12.7 Å². The third-order valence-electron chi connectivity index (χ3n) is 9.74. The number of nitrogens with one attached hydrogen (secondary N) is 4. The minimum Gasteiger partial charge on any atom is -0.508 e. The highest BCUT2D eigenvalue weighted by Gasteiger charge is 2.25. The lowest BCUT2D eigenvalue weighted by atomic mass is 9.91. The molecule has 7 rings (SSSR count). The number of carbonyl (C=O) groups excluding carboxylic acids is 2. The van der Waals surface area contributed by atoms with Gasteiger partial charge in [-0.2, -0.15) is 0 Å². The van der Waals surface area contributed by atoms with Crippen molar-refractivity contribution in [1.29, 1.82) is 0 Å². The lowest BCUT2D eigenvalue weighted by Crippen LogP contribution is -2.42. The van der Waals surface area contributed by atoms with Gasteiger partial charge in [-0.1, -0.05) is 24.3 Å². The Hall–Kier alpha value is -5.33. The molecule has 2 fully saturated rings. The van der Waals surface area contributed by atoms with Crippen LogP contribution in [0.25, 0.3) is 16.8 Å². The summed E-state index contributed by atoms with van der Waals surface area (Å²) in [5.74, 6) is -0.575. The van der Waals surface area contributed by atoms with Crippen LogP contribution in [0.5, 0.6) is 5.75 Å². The van der Waals surface area contributed by atoms with Gasteiger partial charge in [-0.15, -0.1) is 0 Å². The fourth-order valence-corrected chi connectivity index (χ4v) is 7.09. The number of fused-ring (bicyclic) bond motifs is 1. The highest BCUT2D eigenvalue weighted by atomic mass is 19.1. The molecule has 0 spiro atoms. The molecule has 5 N–H and O–H groups in total. The maximum Gasteiger partial charge on any atom is 0.255 e. The van der Waals surface area contributed by atoms with Gasteiger partial charge in [0.1, 0.15) is 23.0 Å². The molecule has 2 aliphatic rings. The molecule has 1 aliphatic heterocycles. The number of aryl methyl sites for hydroxylation is 1. The van der Waals surface area contributed by atoms with Crippen LogP contribution in [-0.4, -0.2) is 67.9 Å². The number of carbonyl (C=O) groups is 2. The minimum absolute atomic E-state index is 0.0118. The molecule has 0 radical (unpaired) electrons. The maximum atomic E-state index is 14.5. The smallest absolute Gasteiger partial charge is 0.255 e. The van der Waals surface area contributed by atoms with Crippen molar-refractivity contribution in [3.05, 3.63) is 107 Å². The molecule has 0 unspecified atom stereocenters. The van der Waals surface area contributed by atoms with E-state index in [0.29, 0.717) is 37.9 Å². The molecular weight excluding hydrogens is 647 g/mol. The summed E-state index contributed by atoms with van der Waals surface area (Å²) in [6.45, 7) is 4.95. The summed E-state index contributed by atoms with van der Waals surface area (Å²) >= 11 is 0. The number of amides is 2. The fourth-order valence-electron chi connectivity index (χ4n) is 7.09. The first-order valence-corrected chi connectivity index (χ1v) is 17.6. The Morgan fingerprint density at radius 1 is 1.04 bits per heavy atom. The minimum atomic E-state index is -0.592. The number of halogens is 1. The second-order valence-corrected chi connectivity index (χ2v) is 13.5. The van der Waals surface area contributed by atoms with Crippen LogP contribution in [0.1, 0.15) is 59.4 Å². The van der Waals surface area contributed by atoms with E-state index in [4.69, 9.17) is 4.98 Å². The molecule has 1 saturated carbocycles. The van der Waals surface area contributed by atoms with Gasteiger partial charge in [-0.05, 0) is 98.2 Å². The number of hydrogen-bond donors (Lipinski definition) is 5. The van der Waals surface area contributed by atoms with Crippen LogP contribution in [0.2, 0.25) is 0 Å². The van der Waals surface area contributed by atoms with E-state index in [9.17, 15) is 19.1 Å². The number of anilines is 2. The highest BCUT2D eigenvalue weighted by Crippen LogP contribution is 2.31. The van der Waals surface area contributed by atoms with Crippen LogP contribution in [0.4, 0.5) is 15.9 Å². The molecule has 5 aromatic rings. The summed E-state index contributed by atoms with van der Waals surface area (Å²) in [6.07, 6.45) is 7.43. The number of aromatic hydroxyl groups is 1. The molecule has 1 aliphatic carbocycles. The zero-order valence-electron chi connectivity index (χ0n) is 28.7. The van der Waals surface area contributed by atoms with E-state index >= 15 is 0 Å². The van der Waals surface area contributed by atoms with Gasteiger partial charge >= 0.3 is 0 Å². The Labute approximate surface area is 296 Å². The first kappa shape index (κ1) is 34.1. The average Bonchev–Trinajstić information content (AvgIpc) is 3.44. The molecule has 3 aromatic heterocycles. The van der Waals surface area contributed by atoms with Crippen LogP contribution in [-0.2, 0) is 17.9 Å². The van der Waals surface area contributed by atoms with Crippen molar-refractivity contribution >= 4 is 29.0 Å². The second-order valence-electron chi connectivity index (χ2n) is 13.5. The Morgan fingerprint density at radius 2 is 1.86 bits per heavy atom. The van der Waals surface area contributed by atoms with Gasteiger partial charge in [0.2, 0.25) is 5.91 Å². The van der Waals surface area contributed by atoms with Gasteiger partial charge in [-0.25, -0.2) is 14.4 Å². The fraction of sp³-hybridized carbons (Fsp3) is 0.333. The lowest BCUT2D eigenvalue weighted by Gasteiger charge is -2.29. The van der Waals surface area contributed by atoms with Gasteiger partial charge in [0, 0.05) is 55.8 Å². The van der Waals surface area contributed by atoms with Gasteiger partial charge < -0.3 is 30.8 Å². The number of hydrogen-bond acceptors (Lipinski definition) is 8. The first-order chi connectivity index (χ1) is 24.8. The average molecular weight is 691 g/mol. The first-order valence-electron chi connectivity index (χ1n) is 17.6. The number of imidazole rings is 1. The third kappa shape index (κ3) is 8.35. The standard InChI is InChI=1S/C39H43FN8O3/c1-25-5-2-8-36-44-32(23-48(25)36)21-42-29-9-11-30(12-10-29)46-39(51)35-19-28(40)20-43-38(35)45-31-7-3-6-26(17-31)34-14-13-33(49)18-27(34)22-47-16-4-15-41-37(50)24-47/h2-3,5-8,13-14,17-20,23,29-30,42,49H,4,9-12,15-16,21-22,24H2,1H3,(H,41,50)(H,43,45)(H,46,51)/t29-,30+. The number of pyridine rings is 2. The Bertz CT molecular complexity index is 2040. The zero-order valence-corrected chi connectivity index (χ0v) is 28.7. The summed E-state index contributed by atoms with van der Waals surface area (Å²) in [5.41, 5.74) is 6.55. The molecule has 12 heteroatoms. The third-order valence-corrected chi connectivity index (χ3v) is 9.74. The molecule has 4 heterocycles. The van der Waals surface area contributed by atoms with Crippen molar-refractivity contribution in [3.63, 3.8) is 0 Å². The molecular formula is C39H43FN8O3. The highest BCUT2D eigenvalue weighted by molar-refractivity contribution is 5.99. The van der Waals surface area contributed by atoms with Crippen LogP contribution in [0.3, 0.4) is 0 Å². The van der Waals surface area contributed by atoms with Gasteiger partial charge in [-0.3, -0.25) is 14.5 Å². The normalized spacial score (nSPS) is 18.3. The Kier molecular flexibility index (Phi) is 10.2. The largest absolute Gasteiger partial charge is 0.508 e. The molecule has 0 bridgehead atoms. The SMILES string of the molecule is Cc1cccc2nc(CN[C@H]3CC[C@@H](NC(=O)c4cc(F)cnc4Nc4cccc(-c5ccc(O)cc5CN5CCCNC(=O)C5)c4)CC3)cn12. The van der Waals surface area contributed by atoms with E-state index in [2.05, 4.69) is 54.7 Å². The Balaban J connectivity index is 0.990. The topological polar surface area (TPSA) is 136 Å². The predicted molar refractivity (Wildman–Crippen MR) is 194 cm³/mol. The molecule has 2 amide bonds. The van der Waals surface area contributed by atoms with Gasteiger partial charge in [0.05, 0.1) is 24.0 Å². The van der Waals surface area contributed by atoms with Gasteiger partial charge in [0.15, 0.2) is 0 Å². The van der Waals surface area contributed by atoms with E-state index in [1.165, 1.54) is 6.07 Å². The predicted octanol–water partition coefficient (Wildman–Crippen LogP) is 5.45. The van der Waals surface area contributed by atoms with Crippen molar-refractivity contribution in [2.24, 2.45) is 0 Å².